The van der Waals surface area contributed by atoms with Crippen LogP contribution in [-0.4, -0.2) is 33.7 Å². The third kappa shape index (κ3) is 3.41. The Kier molecular flexibility index (Phi) is 5.54. The maximum Gasteiger partial charge on any atom is 0.203 e. The van der Waals surface area contributed by atoms with Gasteiger partial charge in [-0.3, -0.25) is 4.79 Å². The highest BCUT2D eigenvalue weighted by Gasteiger charge is 2.62. The van der Waals surface area contributed by atoms with Crippen LogP contribution >= 0.6 is 0 Å². The standard InChI is InChI=1S/C23H28O5/c1-7-28-16-10-8-14(9-11-16)19-20(23(19,2)3)21(24)15-12-17(25-4)22(27-6)18(13-15)26-5/h8-13,19-20H,7H2,1-6H3. The van der Waals surface area contributed by atoms with Crippen LogP contribution in [0.15, 0.2) is 36.4 Å². The maximum absolute atomic E-state index is 13.3. The maximum atomic E-state index is 13.3. The number of hydrogen-bond acceptors (Lipinski definition) is 5. The Labute approximate surface area is 166 Å². The Morgan fingerprint density at radius 2 is 1.54 bits per heavy atom. The molecule has 0 bridgehead atoms. The topological polar surface area (TPSA) is 54.0 Å². The van der Waals surface area contributed by atoms with Gasteiger partial charge in [-0.15, -0.1) is 0 Å². The first kappa shape index (κ1) is 20.1. The van der Waals surface area contributed by atoms with Crippen LogP contribution in [0.4, 0.5) is 0 Å². The molecule has 0 aromatic heterocycles. The van der Waals surface area contributed by atoms with Gasteiger partial charge >= 0.3 is 0 Å². The van der Waals surface area contributed by atoms with Gasteiger partial charge in [0, 0.05) is 17.4 Å². The van der Waals surface area contributed by atoms with Crippen molar-refractivity contribution in [2.75, 3.05) is 27.9 Å². The number of hydrogen-bond donors (Lipinski definition) is 0. The first-order valence-electron chi connectivity index (χ1n) is 9.46. The van der Waals surface area contributed by atoms with Gasteiger partial charge in [0.25, 0.3) is 0 Å². The smallest absolute Gasteiger partial charge is 0.203 e. The summed E-state index contributed by atoms with van der Waals surface area (Å²) in [5.41, 5.74) is 1.60. The number of Topliss-reactive ketones (excluding diaryl/α,β-unsaturated/α-hetero) is 1. The van der Waals surface area contributed by atoms with E-state index in [-0.39, 0.29) is 23.0 Å². The van der Waals surface area contributed by atoms with Crippen molar-refractivity contribution in [3.05, 3.63) is 47.5 Å². The summed E-state index contributed by atoms with van der Waals surface area (Å²) < 4.78 is 21.7. The predicted molar refractivity (Wildman–Crippen MR) is 108 cm³/mol. The van der Waals surface area contributed by atoms with Crippen LogP contribution in [0, 0.1) is 11.3 Å². The summed E-state index contributed by atoms with van der Waals surface area (Å²) in [6.45, 7) is 6.86. The number of ether oxygens (including phenoxy) is 4. The number of benzene rings is 2. The van der Waals surface area contributed by atoms with Gasteiger partial charge in [-0.25, -0.2) is 0 Å². The van der Waals surface area contributed by atoms with Crippen molar-refractivity contribution in [1.82, 2.24) is 0 Å². The highest BCUT2D eigenvalue weighted by atomic mass is 16.5. The Bertz CT molecular complexity index is 829. The monoisotopic (exact) mass is 384 g/mol. The van der Waals surface area contributed by atoms with E-state index < -0.39 is 0 Å². The van der Waals surface area contributed by atoms with Gasteiger partial charge < -0.3 is 18.9 Å². The molecule has 150 valence electrons. The first-order chi connectivity index (χ1) is 13.4. The van der Waals surface area contributed by atoms with Crippen LogP contribution in [0.25, 0.3) is 0 Å². The van der Waals surface area contributed by atoms with E-state index in [0.29, 0.717) is 29.4 Å². The van der Waals surface area contributed by atoms with Gasteiger partial charge in [0.05, 0.1) is 27.9 Å². The highest BCUT2D eigenvalue weighted by molar-refractivity contribution is 6.02. The molecule has 1 aliphatic carbocycles. The fraction of sp³-hybridized carbons (Fsp3) is 0.435. The lowest BCUT2D eigenvalue weighted by Crippen LogP contribution is -2.08. The number of ketones is 1. The summed E-state index contributed by atoms with van der Waals surface area (Å²) in [6.07, 6.45) is 0. The van der Waals surface area contributed by atoms with E-state index in [4.69, 9.17) is 18.9 Å². The first-order valence-corrected chi connectivity index (χ1v) is 9.46. The normalized spacial score (nSPS) is 19.6. The summed E-state index contributed by atoms with van der Waals surface area (Å²) >= 11 is 0. The Balaban J connectivity index is 1.90. The molecular formula is C23H28O5. The second-order valence-corrected chi connectivity index (χ2v) is 7.56. The lowest BCUT2D eigenvalue weighted by atomic mass is 10.0. The van der Waals surface area contributed by atoms with Crippen LogP contribution in [-0.2, 0) is 0 Å². The average molecular weight is 384 g/mol. The summed E-state index contributed by atoms with van der Waals surface area (Å²) in [6, 6.07) is 11.5. The van der Waals surface area contributed by atoms with Crippen molar-refractivity contribution in [3.63, 3.8) is 0 Å². The van der Waals surface area contributed by atoms with E-state index in [9.17, 15) is 4.79 Å². The van der Waals surface area contributed by atoms with Gasteiger partial charge in [0.1, 0.15) is 5.75 Å². The predicted octanol–water partition coefficient (Wildman–Crippen LogP) is 4.73. The molecule has 1 aliphatic rings. The molecule has 1 fully saturated rings. The van der Waals surface area contributed by atoms with Gasteiger partial charge in [-0.05, 0) is 42.2 Å². The third-order valence-corrected chi connectivity index (χ3v) is 5.61. The molecule has 2 unspecified atom stereocenters. The van der Waals surface area contributed by atoms with Crippen LogP contribution in [0.5, 0.6) is 23.0 Å². The number of methoxy groups -OCH3 is 3. The van der Waals surface area contributed by atoms with E-state index in [0.717, 1.165) is 11.3 Å². The van der Waals surface area contributed by atoms with Gasteiger partial charge in [0.2, 0.25) is 5.75 Å². The summed E-state index contributed by atoms with van der Waals surface area (Å²) in [4.78, 5) is 13.3. The zero-order chi connectivity index (χ0) is 20.5. The van der Waals surface area contributed by atoms with Crippen molar-refractivity contribution in [3.8, 4) is 23.0 Å². The van der Waals surface area contributed by atoms with Crippen LogP contribution in [0.3, 0.4) is 0 Å². The van der Waals surface area contributed by atoms with Crippen molar-refractivity contribution in [2.45, 2.75) is 26.7 Å². The summed E-state index contributed by atoms with van der Waals surface area (Å²) in [7, 11) is 4.65. The largest absolute Gasteiger partial charge is 0.494 e. The van der Waals surface area contributed by atoms with E-state index in [1.807, 2.05) is 19.1 Å². The van der Waals surface area contributed by atoms with Gasteiger partial charge in [0.15, 0.2) is 17.3 Å². The molecule has 3 rings (SSSR count). The fourth-order valence-corrected chi connectivity index (χ4v) is 4.09. The number of rotatable bonds is 8. The molecule has 2 atom stereocenters. The lowest BCUT2D eigenvalue weighted by molar-refractivity contribution is 0.0951. The minimum absolute atomic E-state index is 0.0862. The third-order valence-electron chi connectivity index (χ3n) is 5.61. The summed E-state index contributed by atoms with van der Waals surface area (Å²) in [5, 5.41) is 0. The zero-order valence-electron chi connectivity index (χ0n) is 17.4. The van der Waals surface area contributed by atoms with Crippen LogP contribution in [0.1, 0.15) is 42.6 Å². The zero-order valence-corrected chi connectivity index (χ0v) is 17.4. The lowest BCUT2D eigenvalue weighted by Gasteiger charge is -2.14. The van der Waals surface area contributed by atoms with E-state index in [2.05, 4.69) is 26.0 Å². The van der Waals surface area contributed by atoms with E-state index in [1.54, 1.807) is 33.5 Å². The van der Waals surface area contributed by atoms with Gasteiger partial charge in [-0.2, -0.15) is 0 Å². The molecule has 2 aromatic carbocycles. The van der Waals surface area contributed by atoms with Gasteiger partial charge in [-0.1, -0.05) is 26.0 Å². The van der Waals surface area contributed by atoms with Crippen molar-refractivity contribution >= 4 is 5.78 Å². The molecule has 0 radical (unpaired) electrons. The van der Waals surface area contributed by atoms with E-state index >= 15 is 0 Å². The molecule has 0 aliphatic heterocycles. The van der Waals surface area contributed by atoms with Crippen molar-refractivity contribution in [1.29, 1.82) is 0 Å². The molecule has 0 N–H and O–H groups in total. The van der Waals surface area contributed by atoms with Crippen LogP contribution < -0.4 is 18.9 Å². The molecule has 0 heterocycles. The Morgan fingerprint density at radius 1 is 0.964 bits per heavy atom. The molecule has 0 saturated heterocycles. The summed E-state index contributed by atoms with van der Waals surface area (Å²) in [5.74, 6) is 2.45. The minimum atomic E-state index is -0.120. The van der Waals surface area contributed by atoms with Crippen molar-refractivity contribution < 1.29 is 23.7 Å². The average Bonchev–Trinajstić information content (AvgIpc) is 3.28. The second-order valence-electron chi connectivity index (χ2n) is 7.56. The minimum Gasteiger partial charge on any atom is -0.494 e. The molecule has 0 spiro atoms. The molecule has 2 aromatic rings. The molecular weight excluding hydrogens is 356 g/mol. The van der Waals surface area contributed by atoms with Crippen molar-refractivity contribution in [2.24, 2.45) is 11.3 Å². The molecule has 1 saturated carbocycles. The number of carbonyl (C=O) groups is 1. The number of carbonyl (C=O) groups excluding carboxylic acids is 1. The SMILES string of the molecule is CCOc1ccc(C2C(C(=O)c3cc(OC)c(OC)c(OC)c3)C2(C)C)cc1. The fourth-order valence-electron chi connectivity index (χ4n) is 4.09. The second kappa shape index (κ2) is 7.74. The Morgan fingerprint density at radius 3 is 2.00 bits per heavy atom. The molecule has 0 amide bonds. The Hall–Kier alpha value is -2.69. The van der Waals surface area contributed by atoms with Crippen LogP contribution in [0.2, 0.25) is 0 Å². The quantitative estimate of drug-likeness (QED) is 0.616. The molecule has 28 heavy (non-hydrogen) atoms. The highest BCUT2D eigenvalue weighted by Crippen LogP contribution is 2.65. The molecule has 5 nitrogen and oxygen atoms in total. The molecule has 5 heteroatoms. The van der Waals surface area contributed by atoms with E-state index in [1.165, 1.54) is 0 Å².